The minimum absolute atomic E-state index is 0.0408. The minimum Gasteiger partial charge on any atom is -0.338 e. The predicted molar refractivity (Wildman–Crippen MR) is 70.8 cm³/mol. The van der Waals surface area contributed by atoms with Crippen molar-refractivity contribution in [2.75, 3.05) is 13.1 Å². The summed E-state index contributed by atoms with van der Waals surface area (Å²) in [6.45, 7) is 1.71. The Kier molecular flexibility index (Phi) is 2.59. The molecule has 1 aromatic heterocycles. The third-order valence-corrected chi connectivity index (χ3v) is 5.21. The van der Waals surface area contributed by atoms with Gasteiger partial charge >= 0.3 is 6.03 Å². The maximum absolute atomic E-state index is 13.1. The molecule has 2 fully saturated rings. The molecule has 1 spiro atoms. The number of aromatic nitrogens is 2. The summed E-state index contributed by atoms with van der Waals surface area (Å²) in [4.78, 5) is 13.8. The van der Waals surface area contributed by atoms with E-state index in [1.807, 2.05) is 0 Å². The van der Waals surface area contributed by atoms with Crippen molar-refractivity contribution in [2.45, 2.75) is 38.2 Å². The molecule has 1 aromatic rings. The van der Waals surface area contributed by atoms with Crippen LogP contribution in [0.15, 0.2) is 6.20 Å². The summed E-state index contributed by atoms with van der Waals surface area (Å²) < 4.78 is 26.2. The van der Waals surface area contributed by atoms with Gasteiger partial charge in [0, 0.05) is 24.9 Å². The van der Waals surface area contributed by atoms with E-state index in [2.05, 4.69) is 15.5 Å². The first-order valence-corrected chi connectivity index (χ1v) is 7.41. The number of amides is 2. The Morgan fingerprint density at radius 3 is 3.00 bits per heavy atom. The first-order valence-electron chi connectivity index (χ1n) is 7.41. The van der Waals surface area contributed by atoms with Gasteiger partial charge in [0.2, 0.25) is 0 Å². The average Bonchev–Trinajstić information content (AvgIpc) is 2.80. The van der Waals surface area contributed by atoms with Crippen molar-refractivity contribution in [1.82, 2.24) is 20.4 Å². The summed E-state index contributed by atoms with van der Waals surface area (Å²) in [6.07, 6.45) is 3.74. The van der Waals surface area contributed by atoms with Gasteiger partial charge in [-0.1, -0.05) is 0 Å². The number of fused-ring (bicyclic) bond motifs is 1. The molecule has 0 bridgehead atoms. The van der Waals surface area contributed by atoms with Crippen LogP contribution in [0.2, 0.25) is 0 Å². The number of carbonyl (C=O) groups is 1. The van der Waals surface area contributed by atoms with Gasteiger partial charge in [-0.05, 0) is 30.7 Å². The van der Waals surface area contributed by atoms with Crippen molar-refractivity contribution >= 4 is 6.03 Å². The van der Waals surface area contributed by atoms with E-state index >= 15 is 0 Å². The molecule has 1 aliphatic heterocycles. The van der Waals surface area contributed by atoms with Crippen LogP contribution in [0.3, 0.4) is 0 Å². The Hall–Kier alpha value is -1.66. The second-order valence-electron chi connectivity index (χ2n) is 6.67. The number of nitrogens with zero attached hydrogens (tertiary/aromatic N) is 2. The zero-order chi connectivity index (χ0) is 14.7. The number of urea groups is 1. The fourth-order valence-corrected chi connectivity index (χ4v) is 3.75. The molecule has 2 saturated carbocycles. The molecule has 0 aromatic carbocycles. The van der Waals surface area contributed by atoms with E-state index in [9.17, 15) is 13.6 Å². The Morgan fingerprint density at radius 1 is 1.52 bits per heavy atom. The van der Waals surface area contributed by atoms with Crippen LogP contribution in [0.4, 0.5) is 13.6 Å². The molecule has 5 nitrogen and oxygen atoms in total. The highest BCUT2D eigenvalue weighted by molar-refractivity contribution is 5.74. The Balaban J connectivity index is 1.25. The quantitative estimate of drug-likeness (QED) is 0.876. The number of carbonyl (C=O) groups excluding carboxylic acids is 1. The van der Waals surface area contributed by atoms with Crippen molar-refractivity contribution in [3.05, 3.63) is 17.5 Å². The molecular weight excluding hydrogens is 278 g/mol. The first kappa shape index (κ1) is 13.0. The van der Waals surface area contributed by atoms with Gasteiger partial charge in [-0.25, -0.2) is 13.6 Å². The molecule has 114 valence electrons. The highest BCUT2D eigenvalue weighted by Gasteiger charge is 2.75. The number of halogens is 2. The summed E-state index contributed by atoms with van der Waals surface area (Å²) in [6, 6.07) is -0.112. The highest BCUT2D eigenvalue weighted by atomic mass is 19.3. The third-order valence-electron chi connectivity index (χ3n) is 5.21. The van der Waals surface area contributed by atoms with Crippen molar-refractivity contribution in [3.8, 4) is 0 Å². The van der Waals surface area contributed by atoms with Crippen molar-refractivity contribution in [2.24, 2.45) is 11.3 Å². The lowest BCUT2D eigenvalue weighted by Gasteiger charge is -2.36. The SMILES string of the molecule is O=C(NCC1CC2(C1)CC2(F)F)N1CCc2cn[nH]c2C1. The molecule has 7 heteroatoms. The van der Waals surface area contributed by atoms with Gasteiger partial charge in [0.1, 0.15) is 0 Å². The molecule has 2 aliphatic carbocycles. The summed E-state index contributed by atoms with van der Waals surface area (Å²) in [5.74, 6) is -2.24. The van der Waals surface area contributed by atoms with Crippen LogP contribution in [-0.2, 0) is 13.0 Å². The van der Waals surface area contributed by atoms with E-state index in [0.717, 1.165) is 17.7 Å². The number of hydrogen-bond donors (Lipinski definition) is 2. The molecule has 3 aliphatic rings. The Morgan fingerprint density at radius 2 is 2.29 bits per heavy atom. The topological polar surface area (TPSA) is 61.0 Å². The van der Waals surface area contributed by atoms with E-state index in [1.54, 1.807) is 11.1 Å². The average molecular weight is 296 g/mol. The van der Waals surface area contributed by atoms with Crippen molar-refractivity contribution in [3.63, 3.8) is 0 Å². The molecule has 2 amide bonds. The van der Waals surface area contributed by atoms with Gasteiger partial charge in [0.05, 0.1) is 18.4 Å². The van der Waals surface area contributed by atoms with Crippen molar-refractivity contribution < 1.29 is 13.6 Å². The molecule has 2 N–H and O–H groups in total. The van der Waals surface area contributed by atoms with Crippen LogP contribution in [0.1, 0.15) is 30.5 Å². The fourth-order valence-electron chi connectivity index (χ4n) is 3.75. The van der Waals surface area contributed by atoms with Gasteiger partial charge in [-0.2, -0.15) is 5.10 Å². The lowest BCUT2D eigenvalue weighted by molar-refractivity contribution is 0.00259. The Labute approximate surface area is 121 Å². The van der Waals surface area contributed by atoms with E-state index in [0.29, 0.717) is 32.5 Å². The van der Waals surface area contributed by atoms with Crippen LogP contribution >= 0.6 is 0 Å². The zero-order valence-corrected chi connectivity index (χ0v) is 11.7. The molecule has 0 unspecified atom stereocenters. The second-order valence-corrected chi connectivity index (χ2v) is 6.67. The van der Waals surface area contributed by atoms with E-state index in [1.165, 1.54) is 0 Å². The second kappa shape index (κ2) is 4.18. The van der Waals surface area contributed by atoms with E-state index in [4.69, 9.17) is 0 Å². The van der Waals surface area contributed by atoms with Gasteiger partial charge < -0.3 is 10.2 Å². The minimum atomic E-state index is -2.45. The molecular formula is C14H18F2N4O. The van der Waals surface area contributed by atoms with Crippen molar-refractivity contribution in [1.29, 1.82) is 0 Å². The standard InChI is InChI=1S/C14H18F2N4O/c15-14(16)8-13(14)3-9(4-13)5-17-12(21)20-2-1-10-6-18-19-11(10)7-20/h6,9H,1-5,7-8H2,(H,17,21)(H,18,19). The number of rotatable bonds is 2. The maximum Gasteiger partial charge on any atom is 0.317 e. The predicted octanol–water partition coefficient (Wildman–Crippen LogP) is 1.91. The lowest BCUT2D eigenvalue weighted by atomic mass is 9.71. The van der Waals surface area contributed by atoms with E-state index in [-0.39, 0.29) is 18.4 Å². The number of H-pyrrole nitrogens is 1. The van der Waals surface area contributed by atoms with Gasteiger partial charge in [-0.3, -0.25) is 5.10 Å². The van der Waals surface area contributed by atoms with Gasteiger partial charge in [0.25, 0.3) is 5.92 Å². The van der Waals surface area contributed by atoms with Crippen LogP contribution in [0.5, 0.6) is 0 Å². The number of nitrogens with one attached hydrogen (secondary N) is 2. The molecule has 0 radical (unpaired) electrons. The lowest BCUT2D eigenvalue weighted by Crippen LogP contribution is -2.46. The maximum atomic E-state index is 13.1. The number of aromatic amines is 1. The highest BCUT2D eigenvalue weighted by Crippen LogP contribution is 2.72. The normalized spacial score (nSPS) is 32.5. The van der Waals surface area contributed by atoms with Crippen LogP contribution in [-0.4, -0.2) is 40.1 Å². The summed E-state index contributed by atoms with van der Waals surface area (Å²) >= 11 is 0. The third kappa shape index (κ3) is 2.01. The smallest absolute Gasteiger partial charge is 0.317 e. The number of hydrogen-bond acceptors (Lipinski definition) is 2. The molecule has 0 saturated heterocycles. The van der Waals surface area contributed by atoms with E-state index < -0.39 is 11.3 Å². The number of alkyl halides is 2. The summed E-state index contributed by atoms with van der Waals surface area (Å²) in [7, 11) is 0. The van der Waals surface area contributed by atoms with Gasteiger partial charge in [-0.15, -0.1) is 0 Å². The van der Waals surface area contributed by atoms with Crippen LogP contribution in [0.25, 0.3) is 0 Å². The molecule has 21 heavy (non-hydrogen) atoms. The molecule has 4 rings (SSSR count). The summed E-state index contributed by atoms with van der Waals surface area (Å²) in [5, 5.41) is 9.76. The van der Waals surface area contributed by atoms with Gasteiger partial charge in [0.15, 0.2) is 0 Å². The largest absolute Gasteiger partial charge is 0.338 e. The first-order chi connectivity index (χ1) is 9.99. The molecule has 2 heterocycles. The zero-order valence-electron chi connectivity index (χ0n) is 11.7. The Bertz CT molecular complexity index is 579. The monoisotopic (exact) mass is 296 g/mol. The fraction of sp³-hybridized carbons (Fsp3) is 0.714. The molecule has 0 atom stereocenters. The van der Waals surface area contributed by atoms with Crippen LogP contribution < -0.4 is 5.32 Å². The summed E-state index contributed by atoms with van der Waals surface area (Å²) in [5.41, 5.74) is 1.44. The van der Waals surface area contributed by atoms with Crippen LogP contribution in [0, 0.1) is 11.3 Å².